The standard InChI is InChI=1S/C48H70N6O3.C12H20.C2H6.CH3.Es/c1-13-54-42-19-18-36-27-39(42)40(45(54)38-17-16-22-49-43(38)33(7)30(2)3)28-48(9,10)29-57-47(56)51-21-15-14-20-50-46(55)41(26-35-23-32(6)24-37(36)25-35)52-34(8)44(31(4)5)53(11)12;1-2-11-6-9-12(10-11)7-4-3-5-8-12;1-2;;/h16-19,23-25,27,30-31,33,41,44,49,52H,8,13-15,20-22,26,28-29H2,1-7,9-12H3,(H,50,55)(H,51,56);2,11H,1,3-10H2;1-2H3;1H3;/q;;;-1;. The number of carbonyl (C=O) groups excluding carboxylic acids is 2. The molecule has 4 aliphatic rings. The maximum absolute atomic E-state index is 13.9. The molecule has 2 amide bonds. The summed E-state index contributed by atoms with van der Waals surface area (Å²) < 4.78 is 8.36. The van der Waals surface area contributed by atoms with Gasteiger partial charge in [0.05, 0.1) is 18.3 Å². The van der Waals surface area contributed by atoms with Gasteiger partial charge in [-0.15, -0.1) is 6.58 Å². The normalized spacial score (nSPS) is 20.9. The molecule has 1 aromatic heterocycles. The first kappa shape index (κ1) is 61.5. The fourth-order valence-corrected chi connectivity index (χ4v) is 11.9. The first-order valence-electron chi connectivity index (χ1n) is 27.7. The van der Waals surface area contributed by atoms with Crippen molar-refractivity contribution in [1.82, 2.24) is 30.7 Å². The van der Waals surface area contributed by atoms with E-state index in [0.717, 1.165) is 71.6 Å². The minimum atomic E-state index is -0.513. The van der Waals surface area contributed by atoms with Gasteiger partial charge in [0.2, 0.25) is 5.91 Å². The number of nitrogens with one attached hydrogen (secondary N) is 4. The van der Waals surface area contributed by atoms with E-state index in [1.54, 1.807) is 0 Å². The molecule has 2 aromatic carbocycles. The van der Waals surface area contributed by atoms with Gasteiger partial charge in [-0.25, -0.2) is 4.79 Å². The van der Waals surface area contributed by atoms with Crippen LogP contribution in [0.5, 0.6) is 0 Å². The first-order chi connectivity index (χ1) is 33.9. The molecule has 2 fully saturated rings. The van der Waals surface area contributed by atoms with Crippen molar-refractivity contribution in [2.75, 3.05) is 40.3 Å². The monoisotopic (exact) mass is 1240 g/mol. The van der Waals surface area contributed by atoms with Crippen LogP contribution in [0.2, 0.25) is 0 Å². The molecule has 73 heavy (non-hydrogen) atoms. The van der Waals surface area contributed by atoms with Gasteiger partial charge in [0.25, 0.3) is 0 Å². The van der Waals surface area contributed by atoms with E-state index in [4.69, 9.17) is 4.74 Å². The number of carbonyl (C=O) groups is 2. The number of likely N-dealkylation sites (N-methyl/N-ethyl adjacent to an activating group) is 1. The van der Waals surface area contributed by atoms with Gasteiger partial charge in [0.1, 0.15) is 6.04 Å². The number of cyclic esters (lactones) is 1. The van der Waals surface area contributed by atoms with Crippen LogP contribution < -0.4 is 21.3 Å². The topological polar surface area (TPSA) is 99.7 Å². The number of benzene rings is 2. The van der Waals surface area contributed by atoms with Crippen LogP contribution >= 0.6 is 0 Å². The number of alkyl carbamates (subject to hydrolysis) is 1. The molecule has 3 heterocycles. The molecule has 1 radical (unpaired) electrons. The molecule has 2 aliphatic heterocycles. The van der Waals surface area contributed by atoms with Gasteiger partial charge >= 0.3 is 6.09 Å². The third-order valence-electron chi connectivity index (χ3n) is 15.7. The Balaban J connectivity index is 0.000000757. The summed E-state index contributed by atoms with van der Waals surface area (Å²) >= 11 is 0. The zero-order chi connectivity index (χ0) is 52.0. The Morgan fingerprint density at radius 2 is 1.60 bits per heavy atom. The van der Waals surface area contributed by atoms with E-state index in [0.29, 0.717) is 37.3 Å². The van der Waals surface area contributed by atoms with Crippen LogP contribution in [-0.4, -0.2) is 73.9 Å². The van der Waals surface area contributed by atoms with Crippen molar-refractivity contribution in [3.05, 3.63) is 109 Å². The molecular formula is C63H99EsN6O3-. The predicted molar refractivity (Wildman–Crippen MR) is 308 cm³/mol. The number of rotatable bonds is 10. The van der Waals surface area contributed by atoms with Crippen LogP contribution in [0.1, 0.15) is 156 Å². The van der Waals surface area contributed by atoms with Crippen LogP contribution in [-0.2, 0) is 28.9 Å². The molecule has 4 N–H and O–H groups in total. The number of aryl methyl sites for hydroxylation is 2. The number of ether oxygens (including phenoxy) is 1. The summed E-state index contributed by atoms with van der Waals surface area (Å²) in [4.78, 5) is 29.1. The minimum Gasteiger partial charge on any atom is -0.449 e. The van der Waals surface area contributed by atoms with E-state index in [9.17, 15) is 9.59 Å². The third-order valence-corrected chi connectivity index (χ3v) is 15.7. The average Bonchev–Trinajstić information content (AvgIpc) is 3.88. The fourth-order valence-electron chi connectivity index (χ4n) is 11.9. The van der Waals surface area contributed by atoms with Crippen LogP contribution in [0.25, 0.3) is 27.6 Å². The number of nitrogens with zero attached hydrogens (tertiary/aromatic N) is 2. The van der Waals surface area contributed by atoms with Crippen LogP contribution in [0.15, 0.2) is 79.2 Å². The van der Waals surface area contributed by atoms with Gasteiger partial charge in [-0.2, -0.15) is 0 Å². The van der Waals surface area contributed by atoms with E-state index in [1.165, 1.54) is 84.8 Å². The Labute approximate surface area is 438 Å². The summed E-state index contributed by atoms with van der Waals surface area (Å²) in [7, 11) is 4.10. The number of aromatic nitrogens is 1. The Bertz CT molecular complexity index is 2320. The summed E-state index contributed by atoms with van der Waals surface area (Å²) in [6.07, 6.45) is 20.8. The predicted octanol–water partition coefficient (Wildman–Crippen LogP) is 14.0. The molecule has 4 atom stereocenters. The van der Waals surface area contributed by atoms with E-state index in [1.807, 2.05) is 13.8 Å². The zero-order valence-corrected chi connectivity index (χ0v) is 50.5. The molecule has 2 aliphatic carbocycles. The molecule has 9 nitrogen and oxygen atoms in total. The van der Waals surface area contributed by atoms with Gasteiger partial charge in [-0.05, 0) is 143 Å². The number of hydrogen-bond donors (Lipinski definition) is 4. The SMILES string of the molecule is C=C(NC1Cc2cc(C)cc(c2)-c2ccc3c(c2)c(c(C2=C(C(C)C(C)C)NCC=C2)n3CC)CC(C)(C)COC(=O)NCCCCNC1=O)C(C(C)C)N(C)C.C=CC1CCC2(CCCCC2)C1.CC.[CH3-].[Es]. The summed E-state index contributed by atoms with van der Waals surface area (Å²) in [6, 6.07) is 13.1. The Kier molecular flexibility index (Phi) is 23.7. The minimum absolute atomic E-state index is 0. The van der Waals surface area contributed by atoms with Crippen LogP contribution in [0, 0.1) is 48.9 Å². The fraction of sp³-hybridized carbons (Fsp3) is 0.603. The molecule has 2 saturated carbocycles. The molecule has 10 heteroatoms. The molecule has 4 unspecified atom stereocenters. The van der Waals surface area contributed by atoms with Crippen molar-refractivity contribution in [1.29, 1.82) is 0 Å². The first-order valence-corrected chi connectivity index (χ1v) is 27.7. The summed E-state index contributed by atoms with van der Waals surface area (Å²) in [5.41, 5.74) is 11.9. The van der Waals surface area contributed by atoms with Crippen molar-refractivity contribution in [3.8, 4) is 11.1 Å². The van der Waals surface area contributed by atoms with E-state index < -0.39 is 12.1 Å². The van der Waals surface area contributed by atoms with Gasteiger partial charge in [0, 0.05) is 65.9 Å². The van der Waals surface area contributed by atoms with E-state index >= 15 is 0 Å². The third kappa shape index (κ3) is 15.9. The van der Waals surface area contributed by atoms with Crippen molar-refractivity contribution >= 4 is 28.5 Å². The van der Waals surface area contributed by atoms with Crippen molar-refractivity contribution in [2.45, 2.75) is 172 Å². The average molecular weight is 1240 g/mol. The molecule has 411 valence electrons. The van der Waals surface area contributed by atoms with Gasteiger partial charge in [0.15, 0.2) is 0 Å². The van der Waals surface area contributed by atoms with Gasteiger partial charge < -0.3 is 42.9 Å². The summed E-state index contributed by atoms with van der Waals surface area (Å²) in [5, 5.41) is 14.6. The van der Waals surface area contributed by atoms with E-state index in [-0.39, 0.29) is 31.4 Å². The molecule has 4 bridgehead atoms. The quantitative estimate of drug-likeness (QED) is 0.119. The summed E-state index contributed by atoms with van der Waals surface area (Å²) in [5.74, 6) is 1.91. The number of dihydropyridines is 1. The van der Waals surface area contributed by atoms with Crippen molar-refractivity contribution in [2.24, 2.45) is 34.5 Å². The second kappa shape index (κ2) is 28.1. The molecule has 0 saturated heterocycles. The number of fused-ring (bicyclic) bond motifs is 4. The van der Waals surface area contributed by atoms with Gasteiger partial charge in [-0.1, -0.05) is 136 Å². The molecule has 3 aromatic rings. The van der Waals surface area contributed by atoms with Crippen molar-refractivity contribution < 1.29 is 14.3 Å². The maximum Gasteiger partial charge on any atom is 0.407 e. The molecule has 1 spiro atoms. The van der Waals surface area contributed by atoms with Gasteiger partial charge in [-0.3, -0.25) is 4.79 Å². The second-order valence-electron chi connectivity index (χ2n) is 22.9. The maximum atomic E-state index is 13.9. The Morgan fingerprint density at radius 1 is 0.918 bits per heavy atom. The van der Waals surface area contributed by atoms with Crippen LogP contribution in [0.3, 0.4) is 0 Å². The second-order valence-corrected chi connectivity index (χ2v) is 22.9. The van der Waals surface area contributed by atoms with Crippen molar-refractivity contribution in [3.63, 3.8) is 0 Å². The smallest absolute Gasteiger partial charge is 0.407 e. The summed E-state index contributed by atoms with van der Waals surface area (Å²) in [6.45, 7) is 35.2. The number of amides is 2. The Hall–Kier alpha value is -5.76. The zero-order valence-electron chi connectivity index (χ0n) is 48.0. The Morgan fingerprint density at radius 3 is 2.22 bits per heavy atom. The number of allylic oxidation sites excluding steroid dienone is 4. The number of hydrogen-bond acceptors (Lipinski definition) is 6. The molecular weight excluding hydrogens is 1140 g/mol. The van der Waals surface area contributed by atoms with Crippen LogP contribution in [0.4, 0.5) is 4.79 Å². The molecule has 7 rings (SSSR count). The van der Waals surface area contributed by atoms with E-state index in [2.05, 4.69) is 175 Å². The largest absolute Gasteiger partial charge is 0.449 e.